The van der Waals surface area contributed by atoms with Crippen LogP contribution in [0, 0.1) is 11.8 Å². The SMILES string of the molecule is C[C@@H]1C[C@H]1C(=O)N(CC(=O)N1CCCC1)C[C@@H]1CCCO1. The highest BCUT2D eigenvalue weighted by atomic mass is 16.5. The van der Waals surface area contributed by atoms with Gasteiger partial charge in [-0.2, -0.15) is 0 Å². The number of hydrogen-bond acceptors (Lipinski definition) is 3. The summed E-state index contributed by atoms with van der Waals surface area (Å²) in [7, 11) is 0. The molecular weight excluding hydrogens is 268 g/mol. The first kappa shape index (κ1) is 14.8. The molecule has 0 bridgehead atoms. The predicted molar refractivity (Wildman–Crippen MR) is 78.6 cm³/mol. The maximum absolute atomic E-state index is 12.6. The lowest BCUT2D eigenvalue weighted by Gasteiger charge is -2.27. The van der Waals surface area contributed by atoms with Gasteiger partial charge < -0.3 is 14.5 Å². The van der Waals surface area contributed by atoms with Crippen molar-refractivity contribution in [2.45, 2.75) is 45.1 Å². The summed E-state index contributed by atoms with van der Waals surface area (Å²) in [6.45, 7) is 5.41. The molecule has 0 aromatic heterocycles. The molecule has 0 radical (unpaired) electrons. The number of nitrogens with zero attached hydrogens (tertiary/aromatic N) is 2. The Labute approximate surface area is 126 Å². The van der Waals surface area contributed by atoms with E-state index in [2.05, 4.69) is 6.92 Å². The molecule has 2 heterocycles. The highest BCUT2D eigenvalue weighted by Gasteiger charge is 2.42. The van der Waals surface area contributed by atoms with Crippen molar-refractivity contribution in [2.24, 2.45) is 11.8 Å². The van der Waals surface area contributed by atoms with E-state index in [4.69, 9.17) is 4.74 Å². The van der Waals surface area contributed by atoms with Crippen LogP contribution in [-0.4, -0.2) is 60.5 Å². The van der Waals surface area contributed by atoms with Gasteiger partial charge in [-0.3, -0.25) is 9.59 Å². The van der Waals surface area contributed by atoms with Crippen molar-refractivity contribution in [2.75, 3.05) is 32.8 Å². The second kappa shape index (κ2) is 6.34. The van der Waals surface area contributed by atoms with Gasteiger partial charge in [-0.15, -0.1) is 0 Å². The Morgan fingerprint density at radius 1 is 1.24 bits per heavy atom. The summed E-state index contributed by atoms with van der Waals surface area (Å²) in [5.41, 5.74) is 0. The minimum atomic E-state index is 0.104. The lowest BCUT2D eigenvalue weighted by atomic mass is 10.2. The summed E-state index contributed by atoms with van der Waals surface area (Å²) in [4.78, 5) is 28.6. The first-order chi connectivity index (χ1) is 10.1. The third-order valence-electron chi connectivity index (χ3n) is 4.97. The summed E-state index contributed by atoms with van der Waals surface area (Å²) in [5.74, 6) is 0.877. The zero-order valence-corrected chi connectivity index (χ0v) is 12.9. The average molecular weight is 294 g/mol. The number of ether oxygens (including phenoxy) is 1. The van der Waals surface area contributed by atoms with Crippen LogP contribution in [0.3, 0.4) is 0 Å². The maximum Gasteiger partial charge on any atom is 0.242 e. The zero-order chi connectivity index (χ0) is 14.8. The van der Waals surface area contributed by atoms with Crippen LogP contribution in [0.1, 0.15) is 39.0 Å². The molecule has 3 rings (SSSR count). The second-order valence-electron chi connectivity index (χ2n) is 6.76. The van der Waals surface area contributed by atoms with Gasteiger partial charge in [0.05, 0.1) is 12.6 Å². The average Bonchev–Trinajstić information content (AvgIpc) is 2.95. The normalized spacial score (nSPS) is 31.5. The molecular formula is C16H26N2O3. The van der Waals surface area contributed by atoms with Crippen LogP contribution >= 0.6 is 0 Å². The smallest absolute Gasteiger partial charge is 0.242 e. The van der Waals surface area contributed by atoms with E-state index in [1.807, 2.05) is 4.90 Å². The Bertz CT molecular complexity index is 400. The van der Waals surface area contributed by atoms with Gasteiger partial charge in [0.25, 0.3) is 0 Å². The van der Waals surface area contributed by atoms with Crippen molar-refractivity contribution < 1.29 is 14.3 Å². The Morgan fingerprint density at radius 2 is 1.95 bits per heavy atom. The second-order valence-corrected chi connectivity index (χ2v) is 6.76. The molecule has 0 unspecified atom stereocenters. The molecule has 2 aliphatic heterocycles. The van der Waals surface area contributed by atoms with Crippen LogP contribution in [0.5, 0.6) is 0 Å². The van der Waals surface area contributed by atoms with Gasteiger partial charge in [-0.25, -0.2) is 0 Å². The third kappa shape index (κ3) is 3.57. The molecule has 0 spiro atoms. The van der Waals surface area contributed by atoms with Crippen molar-refractivity contribution >= 4 is 11.8 Å². The monoisotopic (exact) mass is 294 g/mol. The molecule has 21 heavy (non-hydrogen) atoms. The summed E-state index contributed by atoms with van der Waals surface area (Å²) in [5, 5.41) is 0. The first-order valence-electron chi connectivity index (χ1n) is 8.33. The molecule has 118 valence electrons. The fraction of sp³-hybridized carbons (Fsp3) is 0.875. The molecule has 5 nitrogen and oxygen atoms in total. The molecule has 5 heteroatoms. The molecule has 3 aliphatic rings. The molecule has 1 saturated carbocycles. The maximum atomic E-state index is 12.6. The number of rotatable bonds is 5. The Hall–Kier alpha value is -1.10. The van der Waals surface area contributed by atoms with E-state index in [9.17, 15) is 9.59 Å². The molecule has 3 atom stereocenters. The van der Waals surface area contributed by atoms with E-state index in [1.165, 1.54) is 0 Å². The van der Waals surface area contributed by atoms with Gasteiger partial charge in [0.15, 0.2) is 0 Å². The van der Waals surface area contributed by atoms with Crippen LogP contribution in [-0.2, 0) is 14.3 Å². The lowest BCUT2D eigenvalue weighted by Crippen LogP contribution is -2.45. The quantitative estimate of drug-likeness (QED) is 0.767. The number of hydrogen-bond donors (Lipinski definition) is 0. The van der Waals surface area contributed by atoms with Crippen molar-refractivity contribution in [1.29, 1.82) is 0 Å². The van der Waals surface area contributed by atoms with E-state index in [0.717, 1.165) is 51.8 Å². The molecule has 3 fully saturated rings. The minimum absolute atomic E-state index is 0.104. The van der Waals surface area contributed by atoms with Crippen molar-refractivity contribution in [3.63, 3.8) is 0 Å². The van der Waals surface area contributed by atoms with Crippen LogP contribution in [0.15, 0.2) is 0 Å². The Kier molecular flexibility index (Phi) is 4.48. The predicted octanol–water partition coefficient (Wildman–Crippen LogP) is 1.27. The lowest BCUT2D eigenvalue weighted by molar-refractivity contribution is -0.142. The molecule has 0 aromatic rings. The molecule has 0 N–H and O–H groups in total. The highest BCUT2D eigenvalue weighted by molar-refractivity contribution is 5.87. The third-order valence-corrected chi connectivity index (χ3v) is 4.97. The summed E-state index contributed by atoms with van der Waals surface area (Å²) in [6, 6.07) is 0. The van der Waals surface area contributed by atoms with Crippen LogP contribution in [0.25, 0.3) is 0 Å². The molecule has 1 aliphatic carbocycles. The van der Waals surface area contributed by atoms with Gasteiger partial charge in [0, 0.05) is 32.2 Å². The number of carbonyl (C=O) groups is 2. The summed E-state index contributed by atoms with van der Waals surface area (Å²) >= 11 is 0. The van der Waals surface area contributed by atoms with Crippen LogP contribution < -0.4 is 0 Å². The minimum Gasteiger partial charge on any atom is -0.376 e. The van der Waals surface area contributed by atoms with E-state index in [1.54, 1.807) is 4.90 Å². The summed E-state index contributed by atoms with van der Waals surface area (Å²) < 4.78 is 5.65. The molecule has 2 saturated heterocycles. The van der Waals surface area contributed by atoms with Gasteiger partial charge in [-0.05, 0) is 38.0 Å². The highest BCUT2D eigenvalue weighted by Crippen LogP contribution is 2.39. The van der Waals surface area contributed by atoms with Gasteiger partial charge in [-0.1, -0.05) is 6.92 Å². The fourth-order valence-electron chi connectivity index (χ4n) is 3.40. The molecule has 2 amide bonds. The largest absolute Gasteiger partial charge is 0.376 e. The van der Waals surface area contributed by atoms with E-state index in [-0.39, 0.29) is 30.4 Å². The van der Waals surface area contributed by atoms with E-state index < -0.39 is 0 Å². The van der Waals surface area contributed by atoms with Gasteiger partial charge in [0.2, 0.25) is 11.8 Å². The van der Waals surface area contributed by atoms with Gasteiger partial charge in [0.1, 0.15) is 0 Å². The van der Waals surface area contributed by atoms with Crippen LogP contribution in [0.2, 0.25) is 0 Å². The number of likely N-dealkylation sites (tertiary alicyclic amines) is 1. The summed E-state index contributed by atoms with van der Waals surface area (Å²) in [6.07, 6.45) is 5.33. The van der Waals surface area contributed by atoms with Gasteiger partial charge >= 0.3 is 0 Å². The van der Waals surface area contributed by atoms with E-state index >= 15 is 0 Å². The Morgan fingerprint density at radius 3 is 2.52 bits per heavy atom. The van der Waals surface area contributed by atoms with Crippen molar-refractivity contribution in [3.05, 3.63) is 0 Å². The number of carbonyl (C=O) groups excluding carboxylic acids is 2. The van der Waals surface area contributed by atoms with Crippen molar-refractivity contribution in [1.82, 2.24) is 9.80 Å². The Balaban J connectivity index is 1.59. The van der Waals surface area contributed by atoms with Crippen molar-refractivity contribution in [3.8, 4) is 0 Å². The number of amides is 2. The van der Waals surface area contributed by atoms with Crippen LogP contribution in [0.4, 0.5) is 0 Å². The fourth-order valence-corrected chi connectivity index (χ4v) is 3.40. The standard InChI is InChI=1S/C16H26N2O3/c1-12-9-14(12)16(20)18(10-13-5-4-8-21-13)11-15(19)17-6-2-3-7-17/h12-14H,2-11H2,1H3/t12-,13+,14-/m1/s1. The molecule has 0 aromatic carbocycles. The first-order valence-corrected chi connectivity index (χ1v) is 8.33. The zero-order valence-electron chi connectivity index (χ0n) is 12.9. The van der Waals surface area contributed by atoms with E-state index in [0.29, 0.717) is 12.5 Å². The topological polar surface area (TPSA) is 49.9 Å².